The van der Waals surface area contributed by atoms with Gasteiger partial charge in [0.25, 0.3) is 0 Å². The topological polar surface area (TPSA) is 52.5 Å². The number of nitrogens with one attached hydrogen (secondary N) is 1. The van der Waals surface area contributed by atoms with E-state index in [9.17, 15) is 19.0 Å². The quantitative estimate of drug-likeness (QED) is 0.779. The summed E-state index contributed by atoms with van der Waals surface area (Å²) in [6.45, 7) is 1.69. The molecule has 0 aromatic heterocycles. The van der Waals surface area contributed by atoms with Crippen LogP contribution in [0.1, 0.15) is 37.7 Å². The van der Waals surface area contributed by atoms with Gasteiger partial charge in [-0.1, -0.05) is 12.8 Å². The Morgan fingerprint density at radius 1 is 1.30 bits per heavy atom. The molecule has 3 nitrogen and oxygen atoms in total. The molecule has 5 heteroatoms. The summed E-state index contributed by atoms with van der Waals surface area (Å²) < 4.78 is 26.4. The molecule has 1 aromatic rings. The van der Waals surface area contributed by atoms with E-state index < -0.39 is 23.3 Å². The van der Waals surface area contributed by atoms with E-state index >= 15 is 0 Å². The standard InChI is InChI=1S/C15H21F2NO2/c1-10-13(5-4-12(16)14(10)17)18-9-11(19)8-15(20)6-2-3-7-15/h4-5,11,18-20H,2-3,6-9H2,1H3. The van der Waals surface area contributed by atoms with Gasteiger partial charge in [-0.05, 0) is 31.9 Å². The van der Waals surface area contributed by atoms with Crippen molar-refractivity contribution >= 4 is 5.69 Å². The fourth-order valence-electron chi connectivity index (χ4n) is 2.82. The Morgan fingerprint density at radius 3 is 2.60 bits per heavy atom. The highest BCUT2D eigenvalue weighted by Gasteiger charge is 2.33. The maximum atomic E-state index is 13.4. The van der Waals surface area contributed by atoms with Crippen molar-refractivity contribution in [1.29, 1.82) is 0 Å². The summed E-state index contributed by atoms with van der Waals surface area (Å²) >= 11 is 0. The van der Waals surface area contributed by atoms with Crippen LogP contribution in [-0.2, 0) is 0 Å². The minimum Gasteiger partial charge on any atom is -0.391 e. The minimum atomic E-state index is -0.881. The van der Waals surface area contributed by atoms with Crippen molar-refractivity contribution in [2.75, 3.05) is 11.9 Å². The van der Waals surface area contributed by atoms with Gasteiger partial charge in [0.15, 0.2) is 11.6 Å². The molecule has 0 heterocycles. The number of aliphatic hydroxyl groups excluding tert-OH is 1. The largest absolute Gasteiger partial charge is 0.391 e. The fourth-order valence-corrected chi connectivity index (χ4v) is 2.82. The third-order valence-corrected chi connectivity index (χ3v) is 4.02. The Hall–Kier alpha value is -1.20. The van der Waals surface area contributed by atoms with Gasteiger partial charge in [0.05, 0.1) is 11.7 Å². The molecule has 1 aliphatic rings. The summed E-state index contributed by atoms with van der Waals surface area (Å²) in [5, 5.41) is 23.1. The van der Waals surface area contributed by atoms with E-state index in [2.05, 4.69) is 5.32 Å². The van der Waals surface area contributed by atoms with Gasteiger partial charge >= 0.3 is 0 Å². The first-order valence-electron chi connectivity index (χ1n) is 7.00. The van der Waals surface area contributed by atoms with Gasteiger partial charge in [0.1, 0.15) is 0 Å². The number of halogens is 2. The van der Waals surface area contributed by atoms with E-state index in [0.29, 0.717) is 24.9 Å². The van der Waals surface area contributed by atoms with Crippen LogP contribution in [0.2, 0.25) is 0 Å². The third kappa shape index (κ3) is 3.46. The molecule has 0 spiro atoms. The molecule has 0 amide bonds. The van der Waals surface area contributed by atoms with Crippen LogP contribution in [0.3, 0.4) is 0 Å². The van der Waals surface area contributed by atoms with Gasteiger partial charge in [-0.15, -0.1) is 0 Å². The van der Waals surface area contributed by atoms with Gasteiger partial charge in [-0.25, -0.2) is 8.78 Å². The molecule has 112 valence electrons. The zero-order valence-electron chi connectivity index (χ0n) is 11.6. The van der Waals surface area contributed by atoms with Crippen molar-refractivity contribution in [3.8, 4) is 0 Å². The second kappa shape index (κ2) is 6.06. The Morgan fingerprint density at radius 2 is 1.95 bits per heavy atom. The number of hydrogen-bond acceptors (Lipinski definition) is 3. The number of hydrogen-bond donors (Lipinski definition) is 3. The van der Waals surface area contributed by atoms with Crippen molar-refractivity contribution in [3.63, 3.8) is 0 Å². The molecule has 0 aliphatic heterocycles. The lowest BCUT2D eigenvalue weighted by Crippen LogP contribution is -2.33. The number of anilines is 1. The van der Waals surface area contributed by atoms with Crippen LogP contribution in [0, 0.1) is 18.6 Å². The van der Waals surface area contributed by atoms with Crippen LogP contribution < -0.4 is 5.32 Å². The van der Waals surface area contributed by atoms with Crippen molar-refractivity contribution in [1.82, 2.24) is 0 Å². The maximum Gasteiger partial charge on any atom is 0.163 e. The van der Waals surface area contributed by atoms with Crippen LogP contribution in [0.15, 0.2) is 12.1 Å². The van der Waals surface area contributed by atoms with Crippen LogP contribution in [-0.4, -0.2) is 28.5 Å². The third-order valence-electron chi connectivity index (χ3n) is 4.02. The Balaban J connectivity index is 1.90. The van der Waals surface area contributed by atoms with E-state index in [1.165, 1.54) is 13.0 Å². The smallest absolute Gasteiger partial charge is 0.163 e. The minimum absolute atomic E-state index is 0.191. The van der Waals surface area contributed by atoms with E-state index in [0.717, 1.165) is 18.9 Å². The van der Waals surface area contributed by atoms with Crippen LogP contribution >= 0.6 is 0 Å². The van der Waals surface area contributed by atoms with E-state index in [4.69, 9.17) is 0 Å². The van der Waals surface area contributed by atoms with Gasteiger partial charge in [0, 0.05) is 24.2 Å². The molecule has 1 aliphatic carbocycles. The van der Waals surface area contributed by atoms with Gasteiger partial charge < -0.3 is 15.5 Å². The predicted molar refractivity (Wildman–Crippen MR) is 73.6 cm³/mol. The molecule has 2 rings (SSSR count). The van der Waals surface area contributed by atoms with Crippen molar-refractivity contribution in [3.05, 3.63) is 29.3 Å². The van der Waals surface area contributed by atoms with Gasteiger partial charge in [-0.2, -0.15) is 0 Å². The van der Waals surface area contributed by atoms with E-state index in [1.807, 2.05) is 0 Å². The zero-order valence-corrected chi connectivity index (χ0v) is 11.6. The zero-order chi connectivity index (χ0) is 14.8. The molecule has 1 saturated carbocycles. The fraction of sp³-hybridized carbons (Fsp3) is 0.600. The van der Waals surface area contributed by atoms with Crippen molar-refractivity contribution < 1.29 is 19.0 Å². The molecule has 1 fully saturated rings. The summed E-state index contributed by atoms with van der Waals surface area (Å²) in [7, 11) is 0. The Kier molecular flexibility index (Phi) is 4.60. The molecular weight excluding hydrogens is 264 g/mol. The first kappa shape index (κ1) is 15.2. The SMILES string of the molecule is Cc1c(NCC(O)CC2(O)CCCC2)ccc(F)c1F. The van der Waals surface area contributed by atoms with Crippen LogP contribution in [0.5, 0.6) is 0 Å². The van der Waals surface area contributed by atoms with Crippen LogP contribution in [0.4, 0.5) is 14.5 Å². The highest BCUT2D eigenvalue weighted by Crippen LogP contribution is 2.33. The average molecular weight is 285 g/mol. The summed E-state index contributed by atoms with van der Waals surface area (Å²) in [6.07, 6.45) is 2.99. The lowest BCUT2D eigenvalue weighted by atomic mass is 9.94. The molecule has 3 N–H and O–H groups in total. The number of rotatable bonds is 5. The van der Waals surface area contributed by atoms with E-state index in [1.54, 1.807) is 0 Å². The normalized spacial score (nSPS) is 19.1. The maximum absolute atomic E-state index is 13.4. The molecule has 1 unspecified atom stereocenters. The van der Waals surface area contributed by atoms with Crippen molar-refractivity contribution in [2.24, 2.45) is 0 Å². The molecule has 1 atom stereocenters. The molecule has 0 bridgehead atoms. The number of benzene rings is 1. The first-order chi connectivity index (χ1) is 9.41. The van der Waals surface area contributed by atoms with E-state index in [-0.39, 0.29) is 12.1 Å². The summed E-state index contributed by atoms with van der Waals surface area (Å²) in [4.78, 5) is 0. The summed E-state index contributed by atoms with van der Waals surface area (Å²) in [5.41, 5.74) is -0.123. The second-order valence-electron chi connectivity index (χ2n) is 5.70. The van der Waals surface area contributed by atoms with Gasteiger partial charge in [-0.3, -0.25) is 0 Å². The monoisotopic (exact) mass is 285 g/mol. The molecule has 20 heavy (non-hydrogen) atoms. The Labute approximate surface area is 117 Å². The average Bonchev–Trinajstić information content (AvgIpc) is 2.81. The summed E-state index contributed by atoms with van der Waals surface area (Å²) in [5.74, 6) is -1.76. The number of aliphatic hydroxyl groups is 2. The molecule has 0 radical (unpaired) electrons. The molecule has 0 saturated heterocycles. The summed E-state index contributed by atoms with van der Waals surface area (Å²) in [6, 6.07) is 2.51. The predicted octanol–water partition coefficient (Wildman–Crippen LogP) is 2.74. The Bertz CT molecular complexity index is 473. The lowest BCUT2D eigenvalue weighted by molar-refractivity contribution is -0.00154. The molecular formula is C15H21F2NO2. The first-order valence-corrected chi connectivity index (χ1v) is 7.00. The van der Waals surface area contributed by atoms with Crippen LogP contribution in [0.25, 0.3) is 0 Å². The van der Waals surface area contributed by atoms with Crippen molar-refractivity contribution in [2.45, 2.75) is 50.7 Å². The van der Waals surface area contributed by atoms with Gasteiger partial charge in [0.2, 0.25) is 0 Å². The highest BCUT2D eigenvalue weighted by molar-refractivity contribution is 5.51. The highest BCUT2D eigenvalue weighted by atomic mass is 19.2. The molecule has 1 aromatic carbocycles. The second-order valence-corrected chi connectivity index (χ2v) is 5.70. The lowest BCUT2D eigenvalue weighted by Gasteiger charge is -2.25.